The Balaban J connectivity index is 2.46. The average Bonchev–Trinajstić information content (AvgIpc) is 2.55. The highest BCUT2D eigenvalue weighted by Crippen LogP contribution is 2.34. The number of alkyl halides is 3. The third-order valence-corrected chi connectivity index (χ3v) is 3.50. The van der Waals surface area contributed by atoms with Gasteiger partial charge < -0.3 is 19.0 Å². The Kier molecular flexibility index (Phi) is 5.59. The summed E-state index contributed by atoms with van der Waals surface area (Å²) in [6.45, 7) is 1.49. The van der Waals surface area contributed by atoms with Crippen molar-refractivity contribution < 1.29 is 37.0 Å². The standard InChI is InChI=1S/C17H15F3O6/c1-9-7-13(21)15(23)16(25-9)12(8-14(22)24-2)10-3-5-11(6-4-10)26-17(18,19)20/h3-7,12,23H,8H2,1-2H3/t12-/m1/s1. The lowest BCUT2D eigenvalue weighted by molar-refractivity contribution is -0.274. The summed E-state index contributed by atoms with van der Waals surface area (Å²) in [5, 5.41) is 10.0. The van der Waals surface area contributed by atoms with Crippen molar-refractivity contribution >= 4 is 5.97 Å². The maximum Gasteiger partial charge on any atom is 0.573 e. The van der Waals surface area contributed by atoms with Gasteiger partial charge in [0.05, 0.1) is 19.4 Å². The zero-order chi connectivity index (χ0) is 19.5. The van der Waals surface area contributed by atoms with Crippen LogP contribution in [0, 0.1) is 6.92 Å². The van der Waals surface area contributed by atoms with Crippen LogP contribution in [0.1, 0.15) is 29.4 Å². The van der Waals surface area contributed by atoms with Crippen molar-refractivity contribution in [3.8, 4) is 11.5 Å². The fourth-order valence-electron chi connectivity index (χ4n) is 2.38. The normalized spacial score (nSPS) is 12.5. The molecular weight excluding hydrogens is 357 g/mol. The Bertz CT molecular complexity index is 839. The summed E-state index contributed by atoms with van der Waals surface area (Å²) in [5.41, 5.74) is -0.371. The van der Waals surface area contributed by atoms with E-state index in [1.807, 2.05) is 0 Å². The molecule has 0 radical (unpaired) electrons. The first kappa shape index (κ1) is 19.4. The molecule has 26 heavy (non-hydrogen) atoms. The second-order valence-electron chi connectivity index (χ2n) is 5.38. The number of hydrogen-bond acceptors (Lipinski definition) is 6. The third-order valence-electron chi connectivity index (χ3n) is 3.50. The third kappa shape index (κ3) is 4.78. The number of hydrogen-bond donors (Lipinski definition) is 1. The minimum atomic E-state index is -4.84. The first-order valence-electron chi connectivity index (χ1n) is 7.37. The number of esters is 1. The second-order valence-corrected chi connectivity index (χ2v) is 5.38. The van der Waals surface area contributed by atoms with Crippen LogP contribution >= 0.6 is 0 Å². The largest absolute Gasteiger partial charge is 0.573 e. The molecule has 0 amide bonds. The SMILES string of the molecule is COC(=O)C[C@H](c1ccc(OC(F)(F)F)cc1)c1oc(C)cc(=O)c1O. The number of aryl methyl sites for hydroxylation is 1. The Morgan fingerprint density at radius 2 is 1.88 bits per heavy atom. The molecule has 0 aliphatic rings. The highest BCUT2D eigenvalue weighted by Gasteiger charge is 2.31. The van der Waals surface area contributed by atoms with Crippen LogP contribution < -0.4 is 10.2 Å². The smallest absolute Gasteiger partial charge is 0.502 e. The quantitative estimate of drug-likeness (QED) is 0.811. The molecule has 1 aromatic carbocycles. The van der Waals surface area contributed by atoms with Crippen molar-refractivity contribution in [2.24, 2.45) is 0 Å². The zero-order valence-corrected chi connectivity index (χ0v) is 13.8. The summed E-state index contributed by atoms with van der Waals surface area (Å²) >= 11 is 0. The van der Waals surface area contributed by atoms with Crippen molar-refractivity contribution in [1.82, 2.24) is 0 Å². The van der Waals surface area contributed by atoms with Crippen molar-refractivity contribution in [3.63, 3.8) is 0 Å². The lowest BCUT2D eigenvalue weighted by Gasteiger charge is -2.17. The van der Waals surface area contributed by atoms with Crippen LogP contribution in [0.4, 0.5) is 13.2 Å². The van der Waals surface area contributed by atoms with E-state index in [4.69, 9.17) is 4.42 Å². The van der Waals surface area contributed by atoms with Gasteiger partial charge in [-0.3, -0.25) is 9.59 Å². The molecule has 0 saturated carbocycles. The summed E-state index contributed by atoms with van der Waals surface area (Å²) in [6.07, 6.45) is -5.13. The van der Waals surface area contributed by atoms with Crippen molar-refractivity contribution in [2.75, 3.05) is 7.11 Å². The summed E-state index contributed by atoms with van der Waals surface area (Å²) in [7, 11) is 1.16. The molecule has 6 nitrogen and oxygen atoms in total. The predicted octanol–water partition coefficient (Wildman–Crippen LogP) is 3.25. The molecule has 2 rings (SSSR count). The fourth-order valence-corrected chi connectivity index (χ4v) is 2.38. The predicted molar refractivity (Wildman–Crippen MR) is 83.0 cm³/mol. The van der Waals surface area contributed by atoms with E-state index in [0.29, 0.717) is 5.56 Å². The first-order valence-corrected chi connectivity index (χ1v) is 7.37. The van der Waals surface area contributed by atoms with Gasteiger partial charge in [-0.25, -0.2) is 0 Å². The Morgan fingerprint density at radius 3 is 2.42 bits per heavy atom. The topological polar surface area (TPSA) is 86.0 Å². The molecule has 1 aromatic heterocycles. The number of carbonyl (C=O) groups excluding carboxylic acids is 1. The fraction of sp³-hybridized carbons (Fsp3) is 0.294. The number of methoxy groups -OCH3 is 1. The van der Waals surface area contributed by atoms with Crippen molar-refractivity contribution in [3.05, 3.63) is 57.6 Å². The summed E-state index contributed by atoms with van der Waals surface area (Å²) in [4.78, 5) is 23.5. The van der Waals surface area contributed by atoms with Crippen LogP contribution in [0.15, 0.2) is 39.5 Å². The molecule has 0 spiro atoms. The molecule has 0 aliphatic carbocycles. The average molecular weight is 372 g/mol. The van der Waals surface area contributed by atoms with Gasteiger partial charge >= 0.3 is 12.3 Å². The van der Waals surface area contributed by atoms with E-state index in [0.717, 1.165) is 25.3 Å². The van der Waals surface area contributed by atoms with Gasteiger partial charge in [0, 0.05) is 6.07 Å². The van der Waals surface area contributed by atoms with Crippen LogP contribution in [0.5, 0.6) is 11.5 Å². The summed E-state index contributed by atoms with van der Waals surface area (Å²) < 4.78 is 50.6. The van der Waals surface area contributed by atoms with Gasteiger partial charge in [0.15, 0.2) is 5.76 Å². The highest BCUT2D eigenvalue weighted by atomic mass is 19.4. The molecule has 0 unspecified atom stereocenters. The molecule has 0 bridgehead atoms. The first-order chi connectivity index (χ1) is 12.1. The second kappa shape index (κ2) is 7.51. The van der Waals surface area contributed by atoms with Gasteiger partial charge in [-0.2, -0.15) is 0 Å². The number of carbonyl (C=O) groups is 1. The lowest BCUT2D eigenvalue weighted by atomic mass is 9.92. The van der Waals surface area contributed by atoms with Gasteiger partial charge in [0.1, 0.15) is 11.5 Å². The van der Waals surface area contributed by atoms with Gasteiger partial charge in [-0.15, -0.1) is 13.2 Å². The van der Waals surface area contributed by atoms with E-state index in [-0.39, 0.29) is 17.9 Å². The molecule has 1 N–H and O–H groups in total. The number of benzene rings is 1. The summed E-state index contributed by atoms with van der Waals surface area (Å²) in [5.74, 6) is -2.70. The van der Waals surface area contributed by atoms with Gasteiger partial charge in [0.25, 0.3) is 0 Å². The highest BCUT2D eigenvalue weighted by molar-refractivity contribution is 5.71. The van der Waals surface area contributed by atoms with Crippen LogP contribution in [-0.4, -0.2) is 24.5 Å². The number of ether oxygens (including phenoxy) is 2. The molecule has 0 saturated heterocycles. The van der Waals surface area contributed by atoms with Crippen LogP contribution in [0.3, 0.4) is 0 Å². The number of rotatable bonds is 5. The summed E-state index contributed by atoms with van der Waals surface area (Å²) in [6, 6.07) is 5.73. The maximum atomic E-state index is 12.3. The van der Waals surface area contributed by atoms with Gasteiger partial charge in [0.2, 0.25) is 11.2 Å². The molecule has 0 aliphatic heterocycles. The van der Waals surface area contributed by atoms with Crippen LogP contribution in [0.25, 0.3) is 0 Å². The van der Waals surface area contributed by atoms with Crippen LogP contribution in [-0.2, 0) is 9.53 Å². The molecule has 2 aromatic rings. The Morgan fingerprint density at radius 1 is 1.27 bits per heavy atom. The van der Waals surface area contributed by atoms with Crippen LogP contribution in [0.2, 0.25) is 0 Å². The van der Waals surface area contributed by atoms with E-state index >= 15 is 0 Å². The molecule has 140 valence electrons. The lowest BCUT2D eigenvalue weighted by Crippen LogP contribution is -2.17. The molecule has 1 atom stereocenters. The molecule has 1 heterocycles. The minimum absolute atomic E-state index is 0.176. The van der Waals surface area contributed by atoms with E-state index in [9.17, 15) is 27.9 Å². The van der Waals surface area contributed by atoms with Gasteiger partial charge in [-0.05, 0) is 24.6 Å². The number of aromatic hydroxyl groups is 1. The Hall–Kier alpha value is -2.97. The molecule has 0 fully saturated rings. The van der Waals surface area contributed by atoms with E-state index in [1.165, 1.54) is 19.1 Å². The van der Waals surface area contributed by atoms with Crippen molar-refractivity contribution in [2.45, 2.75) is 25.6 Å². The number of halogens is 3. The monoisotopic (exact) mass is 372 g/mol. The molecule has 9 heteroatoms. The van der Waals surface area contributed by atoms with E-state index in [1.54, 1.807) is 0 Å². The maximum absolute atomic E-state index is 12.3. The van der Waals surface area contributed by atoms with E-state index < -0.39 is 35.2 Å². The Labute approximate surface area is 145 Å². The van der Waals surface area contributed by atoms with Crippen molar-refractivity contribution in [1.29, 1.82) is 0 Å². The minimum Gasteiger partial charge on any atom is -0.502 e. The molecular formula is C17H15F3O6. The van der Waals surface area contributed by atoms with Gasteiger partial charge in [-0.1, -0.05) is 12.1 Å². The van der Waals surface area contributed by atoms with E-state index in [2.05, 4.69) is 9.47 Å². The zero-order valence-electron chi connectivity index (χ0n) is 13.8.